The van der Waals surface area contributed by atoms with Gasteiger partial charge in [0.1, 0.15) is 0 Å². The molecule has 130 valence electrons. The molecule has 1 saturated heterocycles. The summed E-state index contributed by atoms with van der Waals surface area (Å²) in [5, 5.41) is 3.40. The Hall–Kier alpha value is -0.700. The number of nitrogens with one attached hydrogen (secondary N) is 1. The van der Waals surface area contributed by atoms with Crippen LogP contribution < -0.4 is 10.1 Å². The van der Waals surface area contributed by atoms with E-state index >= 15 is 0 Å². The van der Waals surface area contributed by atoms with Crippen LogP contribution >= 0.6 is 35.7 Å². The molecule has 1 aromatic heterocycles. The zero-order valence-corrected chi connectivity index (χ0v) is 17.5. The molecule has 2 rings (SSSR count). The predicted molar refractivity (Wildman–Crippen MR) is 109 cm³/mol. The van der Waals surface area contributed by atoms with Gasteiger partial charge in [0.2, 0.25) is 5.88 Å². The van der Waals surface area contributed by atoms with Gasteiger partial charge in [-0.1, -0.05) is 6.07 Å². The Morgan fingerprint density at radius 3 is 2.96 bits per heavy atom. The van der Waals surface area contributed by atoms with Gasteiger partial charge in [0.15, 0.2) is 5.96 Å². The van der Waals surface area contributed by atoms with Crippen molar-refractivity contribution in [2.75, 3.05) is 32.5 Å². The Kier molecular flexibility index (Phi) is 8.46. The molecular weight excluding hydrogens is 423 g/mol. The summed E-state index contributed by atoms with van der Waals surface area (Å²) in [6.07, 6.45) is 1.74. The maximum absolute atomic E-state index is 5.30. The molecule has 0 saturated carbocycles. The average molecular weight is 450 g/mol. The third-order valence-electron chi connectivity index (χ3n) is 3.50. The lowest BCUT2D eigenvalue weighted by Crippen LogP contribution is -2.50. The smallest absolute Gasteiger partial charge is 0.218 e. The fourth-order valence-corrected chi connectivity index (χ4v) is 3.62. The van der Waals surface area contributed by atoms with Crippen LogP contribution in [0.3, 0.4) is 0 Å². The second-order valence-electron chi connectivity index (χ2n) is 5.87. The number of rotatable bonds is 4. The van der Waals surface area contributed by atoms with E-state index in [0.717, 1.165) is 36.9 Å². The second kappa shape index (κ2) is 9.56. The number of aromatic nitrogens is 1. The number of methoxy groups -OCH3 is 1. The number of ether oxygens (including phenoxy) is 1. The third-order valence-corrected chi connectivity index (χ3v) is 4.80. The van der Waals surface area contributed by atoms with E-state index in [0.29, 0.717) is 12.4 Å². The number of hydrogen-bond acceptors (Lipinski definition) is 4. The van der Waals surface area contributed by atoms with E-state index in [1.165, 1.54) is 0 Å². The fourth-order valence-electron chi connectivity index (χ4n) is 2.51. The van der Waals surface area contributed by atoms with E-state index in [1.807, 2.05) is 23.9 Å². The van der Waals surface area contributed by atoms with E-state index in [4.69, 9.17) is 9.73 Å². The first-order chi connectivity index (χ1) is 10.6. The monoisotopic (exact) mass is 450 g/mol. The van der Waals surface area contributed by atoms with E-state index in [9.17, 15) is 0 Å². The lowest BCUT2D eigenvalue weighted by molar-refractivity contribution is 0.374. The molecule has 0 radical (unpaired) electrons. The minimum atomic E-state index is 0. The van der Waals surface area contributed by atoms with Crippen LogP contribution in [-0.4, -0.2) is 53.1 Å². The minimum absolute atomic E-state index is 0. The highest BCUT2D eigenvalue weighted by molar-refractivity contribution is 14.0. The van der Waals surface area contributed by atoms with Crippen LogP contribution in [0.2, 0.25) is 0 Å². The Balaban J connectivity index is 0.00000264. The quantitative estimate of drug-likeness (QED) is 0.434. The van der Waals surface area contributed by atoms with Gasteiger partial charge in [0.25, 0.3) is 0 Å². The highest BCUT2D eigenvalue weighted by Gasteiger charge is 2.28. The Labute approximate surface area is 160 Å². The van der Waals surface area contributed by atoms with E-state index in [2.05, 4.69) is 36.0 Å². The van der Waals surface area contributed by atoms with Crippen molar-refractivity contribution < 1.29 is 4.74 Å². The zero-order valence-electron chi connectivity index (χ0n) is 14.3. The molecule has 1 N–H and O–H groups in total. The van der Waals surface area contributed by atoms with Crippen LogP contribution in [-0.2, 0) is 6.54 Å². The molecule has 1 aliphatic heterocycles. The summed E-state index contributed by atoms with van der Waals surface area (Å²) in [6, 6.07) is 3.93. The number of guanidine groups is 1. The molecule has 5 nitrogen and oxygen atoms in total. The van der Waals surface area contributed by atoms with E-state index in [1.54, 1.807) is 13.3 Å². The number of thioether (sulfide) groups is 1. The summed E-state index contributed by atoms with van der Waals surface area (Å²) >= 11 is 2.03. The van der Waals surface area contributed by atoms with Gasteiger partial charge in [-0.05, 0) is 26.8 Å². The van der Waals surface area contributed by atoms with Crippen molar-refractivity contribution in [3.8, 4) is 5.88 Å². The lowest BCUT2D eigenvalue weighted by atomic mass is 10.2. The Morgan fingerprint density at radius 1 is 1.52 bits per heavy atom. The lowest BCUT2D eigenvalue weighted by Gasteiger charge is -2.39. The number of aliphatic imine (C=N–C) groups is 1. The summed E-state index contributed by atoms with van der Waals surface area (Å²) in [4.78, 5) is 11.4. The van der Waals surface area contributed by atoms with Crippen molar-refractivity contribution in [1.29, 1.82) is 0 Å². The number of pyridine rings is 1. The molecule has 23 heavy (non-hydrogen) atoms. The molecule has 7 heteroatoms. The van der Waals surface area contributed by atoms with Gasteiger partial charge in [0, 0.05) is 41.9 Å². The largest absolute Gasteiger partial charge is 0.481 e. The van der Waals surface area contributed by atoms with E-state index in [-0.39, 0.29) is 28.7 Å². The van der Waals surface area contributed by atoms with Gasteiger partial charge in [-0.3, -0.25) is 0 Å². The van der Waals surface area contributed by atoms with Crippen LogP contribution in [0.25, 0.3) is 0 Å². The van der Waals surface area contributed by atoms with Crippen molar-refractivity contribution >= 4 is 41.7 Å². The molecule has 1 aliphatic rings. The molecule has 0 bridgehead atoms. The highest BCUT2D eigenvalue weighted by atomic mass is 127. The SMILES string of the molecule is CCNC(=NCc1cccnc1OC)N1CCSC(C)(C)C1.I. The number of nitrogens with zero attached hydrogens (tertiary/aromatic N) is 3. The van der Waals surface area contributed by atoms with Crippen LogP contribution in [0.15, 0.2) is 23.3 Å². The van der Waals surface area contributed by atoms with Crippen LogP contribution in [0.1, 0.15) is 26.3 Å². The standard InChI is InChI=1S/C16H26N4OS.HI/c1-5-17-15(20-9-10-22-16(2,3)12-20)19-11-13-7-6-8-18-14(13)21-4;/h6-8H,5,9-12H2,1-4H3,(H,17,19);1H. The summed E-state index contributed by atoms with van der Waals surface area (Å²) in [7, 11) is 1.64. The second-order valence-corrected chi connectivity index (χ2v) is 7.67. The topological polar surface area (TPSA) is 49.8 Å². The fraction of sp³-hybridized carbons (Fsp3) is 0.625. The summed E-state index contributed by atoms with van der Waals surface area (Å²) in [6.45, 7) is 10.2. The summed E-state index contributed by atoms with van der Waals surface area (Å²) < 4.78 is 5.56. The molecule has 0 spiro atoms. The number of hydrogen-bond donors (Lipinski definition) is 1. The van der Waals surface area contributed by atoms with Crippen LogP contribution in [0.5, 0.6) is 5.88 Å². The summed E-state index contributed by atoms with van der Waals surface area (Å²) in [5.41, 5.74) is 1.01. The van der Waals surface area contributed by atoms with Crippen LogP contribution in [0, 0.1) is 0 Å². The first-order valence-electron chi connectivity index (χ1n) is 7.71. The highest BCUT2D eigenvalue weighted by Crippen LogP contribution is 2.29. The van der Waals surface area contributed by atoms with Gasteiger partial charge in [0.05, 0.1) is 13.7 Å². The predicted octanol–water partition coefficient (Wildman–Crippen LogP) is 3.00. The van der Waals surface area contributed by atoms with E-state index < -0.39 is 0 Å². The molecule has 0 aliphatic carbocycles. The third kappa shape index (κ3) is 6.02. The minimum Gasteiger partial charge on any atom is -0.481 e. The van der Waals surface area contributed by atoms with Crippen molar-refractivity contribution in [3.63, 3.8) is 0 Å². The summed E-state index contributed by atoms with van der Waals surface area (Å²) in [5.74, 6) is 2.76. The normalized spacial score (nSPS) is 17.4. The van der Waals surface area contributed by atoms with Gasteiger partial charge in [-0.25, -0.2) is 9.98 Å². The van der Waals surface area contributed by atoms with Crippen molar-refractivity contribution in [3.05, 3.63) is 23.9 Å². The molecule has 2 heterocycles. The van der Waals surface area contributed by atoms with Gasteiger partial charge >= 0.3 is 0 Å². The van der Waals surface area contributed by atoms with Gasteiger partial charge in [-0.2, -0.15) is 11.8 Å². The molecule has 1 fully saturated rings. The maximum atomic E-state index is 5.30. The van der Waals surface area contributed by atoms with Crippen molar-refractivity contribution in [2.45, 2.75) is 32.1 Å². The first-order valence-corrected chi connectivity index (χ1v) is 8.69. The zero-order chi connectivity index (χ0) is 16.0. The van der Waals surface area contributed by atoms with Crippen molar-refractivity contribution in [2.24, 2.45) is 4.99 Å². The van der Waals surface area contributed by atoms with Gasteiger partial charge < -0.3 is 15.0 Å². The Bertz CT molecular complexity index is 525. The molecule has 0 atom stereocenters. The maximum Gasteiger partial charge on any atom is 0.218 e. The molecule has 1 aromatic rings. The Morgan fingerprint density at radius 2 is 2.30 bits per heavy atom. The number of halogens is 1. The molecule has 0 aromatic carbocycles. The molecule has 0 unspecified atom stereocenters. The molecular formula is C16H27IN4OS. The average Bonchev–Trinajstić information content (AvgIpc) is 2.50. The van der Waals surface area contributed by atoms with Gasteiger partial charge in [-0.15, -0.1) is 24.0 Å². The van der Waals surface area contributed by atoms with Crippen molar-refractivity contribution in [1.82, 2.24) is 15.2 Å². The first kappa shape index (κ1) is 20.3. The van der Waals surface area contributed by atoms with Crippen LogP contribution in [0.4, 0.5) is 0 Å². The molecule has 0 amide bonds.